The van der Waals surface area contributed by atoms with Gasteiger partial charge in [0, 0.05) is 55.0 Å². The molecular weight excluding hydrogens is 813 g/mol. The number of benzene rings is 2. The van der Waals surface area contributed by atoms with Crippen LogP contribution in [-0.2, 0) is 17.1 Å². The van der Waals surface area contributed by atoms with Crippen LogP contribution >= 0.6 is 11.3 Å². The summed E-state index contributed by atoms with van der Waals surface area (Å²) in [6.45, 7) is 3.51. The van der Waals surface area contributed by atoms with Crippen LogP contribution in [-0.4, -0.2) is 113 Å². The van der Waals surface area contributed by atoms with Crippen molar-refractivity contribution < 1.29 is 49.4 Å². The molecule has 0 spiro atoms. The second-order valence-electron chi connectivity index (χ2n) is 16.0. The third kappa shape index (κ3) is 6.45. The molecule has 5 fully saturated rings. The fraction of sp³-hybridized carbons (Fsp3) is 0.538. The molecule has 0 radical (unpaired) electrons. The van der Waals surface area contributed by atoms with E-state index in [1.54, 1.807) is 27.7 Å². The predicted molar refractivity (Wildman–Crippen MR) is 201 cm³/mol. The topological polar surface area (TPSA) is 124 Å². The van der Waals surface area contributed by atoms with Crippen LogP contribution in [0.3, 0.4) is 0 Å². The molecule has 7 heterocycles. The van der Waals surface area contributed by atoms with E-state index in [2.05, 4.69) is 9.97 Å². The van der Waals surface area contributed by atoms with Gasteiger partial charge in [0.1, 0.15) is 35.5 Å². The number of hydrogen-bond donors (Lipinski definition) is 1. The average molecular weight is 851 g/mol. The van der Waals surface area contributed by atoms with Crippen LogP contribution in [0.4, 0.5) is 50.7 Å². The lowest BCUT2D eigenvalue weighted by atomic mass is 9.88. The maximum Gasteiger partial charge on any atom is 0.419 e. The number of rotatable bonds is 7. The number of alkyl halides is 7. The summed E-state index contributed by atoms with van der Waals surface area (Å²) in [5.41, 5.74) is -1.81. The SMILES string of the molecule is CCN(c1nc(OC[C@@]23CCCN2C[C@H](F)C3)nc2c(C(F)(F)F)c(-c3ccc(F)c4sc(N)c(C#N)c34)c(C(F)(F)F)cc12)[C@H]1CCN(C(=O)N2C3COCC2C3)C1. The standard InChI is InChI=1S/C39H38F8N8O3S/c1-2-54(20-6-9-52(15-20)36(56)55-21-10-22(55)17-57-16-21)34-24-11-26(38(42,43)44)29(23-4-5-27(41)32-28(23)25(13-48)33(49)59-32)30(39(45,46)47)31(24)50-35(51-34)58-18-37-7-3-8-53(37)14-19(40)12-37/h4-5,11,19-22H,2-3,6-10,12,14-18,49H2,1H3/t19-,20+,21?,22?,37+/m1/s1. The van der Waals surface area contributed by atoms with Crippen LogP contribution in [0, 0.1) is 17.1 Å². The Morgan fingerprint density at radius 2 is 1.90 bits per heavy atom. The lowest BCUT2D eigenvalue weighted by molar-refractivity contribution is -0.141. The molecule has 0 saturated carbocycles. The number of nitrogens with zero attached hydrogens (tertiary/aromatic N) is 7. The Morgan fingerprint density at radius 1 is 1.14 bits per heavy atom. The highest BCUT2D eigenvalue weighted by atomic mass is 32.1. The van der Waals surface area contributed by atoms with Crippen molar-refractivity contribution in [2.75, 3.05) is 63.2 Å². The van der Waals surface area contributed by atoms with Gasteiger partial charge in [-0.25, -0.2) is 13.6 Å². The number of aromatic nitrogens is 2. The zero-order valence-electron chi connectivity index (χ0n) is 31.6. The number of anilines is 2. The van der Waals surface area contributed by atoms with Gasteiger partial charge in [0.15, 0.2) is 0 Å². The highest BCUT2D eigenvalue weighted by molar-refractivity contribution is 7.23. The molecule has 2 unspecified atom stereocenters. The third-order valence-corrected chi connectivity index (χ3v) is 13.7. The van der Waals surface area contributed by atoms with Gasteiger partial charge >= 0.3 is 24.4 Å². The van der Waals surface area contributed by atoms with E-state index in [0.29, 0.717) is 50.0 Å². The van der Waals surface area contributed by atoms with Crippen LogP contribution in [0.25, 0.3) is 32.1 Å². The maximum atomic E-state index is 15.8. The van der Waals surface area contributed by atoms with Gasteiger partial charge < -0.3 is 29.9 Å². The summed E-state index contributed by atoms with van der Waals surface area (Å²) in [5, 5.41) is 8.57. The van der Waals surface area contributed by atoms with Crippen molar-refractivity contribution in [1.82, 2.24) is 24.7 Å². The second kappa shape index (κ2) is 14.2. The number of thiophene rings is 1. The fourth-order valence-corrected chi connectivity index (χ4v) is 11.0. The highest BCUT2D eigenvalue weighted by Gasteiger charge is 2.51. The highest BCUT2D eigenvalue weighted by Crippen LogP contribution is 2.52. The largest absolute Gasteiger partial charge is 0.461 e. The maximum absolute atomic E-state index is 15.8. The number of likely N-dealkylation sites (N-methyl/N-ethyl adjacent to an activating group) is 1. The van der Waals surface area contributed by atoms with Crippen molar-refractivity contribution in [3.63, 3.8) is 0 Å². The van der Waals surface area contributed by atoms with Crippen LogP contribution in [0.5, 0.6) is 6.01 Å². The zero-order chi connectivity index (χ0) is 41.8. The van der Waals surface area contributed by atoms with Gasteiger partial charge in [-0.2, -0.15) is 41.6 Å². The predicted octanol–water partition coefficient (Wildman–Crippen LogP) is 7.59. The molecule has 2 aromatic heterocycles. The molecule has 2 N–H and O–H groups in total. The molecule has 11 nitrogen and oxygen atoms in total. The van der Waals surface area contributed by atoms with Crippen LogP contribution < -0.4 is 15.4 Å². The van der Waals surface area contributed by atoms with Gasteiger partial charge in [0.25, 0.3) is 0 Å². The smallest absolute Gasteiger partial charge is 0.419 e. The summed E-state index contributed by atoms with van der Waals surface area (Å²) in [4.78, 5) is 29.3. The number of nitriles is 1. The zero-order valence-corrected chi connectivity index (χ0v) is 32.4. The first-order valence-corrected chi connectivity index (χ1v) is 20.2. The number of hydrogen-bond acceptors (Lipinski definition) is 10. The Labute approximate surface area is 336 Å². The van der Waals surface area contributed by atoms with Gasteiger partial charge in [-0.1, -0.05) is 6.07 Å². The van der Waals surface area contributed by atoms with Crippen molar-refractivity contribution in [2.45, 2.75) is 81.2 Å². The van der Waals surface area contributed by atoms with E-state index < -0.39 is 86.0 Å². The molecule has 5 aliphatic heterocycles. The first-order valence-electron chi connectivity index (χ1n) is 19.4. The summed E-state index contributed by atoms with van der Waals surface area (Å²) in [6, 6.07) is 2.30. The first kappa shape index (κ1) is 39.7. The molecule has 2 aromatic carbocycles. The number of nitrogen functional groups attached to an aromatic ring is 1. The lowest BCUT2D eigenvalue weighted by Crippen LogP contribution is -2.67. The van der Waals surface area contributed by atoms with Crippen LogP contribution in [0.1, 0.15) is 55.7 Å². The van der Waals surface area contributed by atoms with Crippen molar-refractivity contribution in [1.29, 1.82) is 5.26 Å². The normalized spacial score (nSPS) is 25.8. The summed E-state index contributed by atoms with van der Waals surface area (Å²) in [5.74, 6) is -1.26. The Bertz CT molecular complexity index is 2390. The van der Waals surface area contributed by atoms with E-state index in [1.807, 2.05) is 4.90 Å². The Morgan fingerprint density at radius 3 is 2.58 bits per heavy atom. The summed E-state index contributed by atoms with van der Waals surface area (Å²) in [7, 11) is 0. The monoisotopic (exact) mass is 850 g/mol. The van der Waals surface area contributed by atoms with Crippen LogP contribution in [0.2, 0.25) is 0 Å². The minimum absolute atomic E-state index is 0.0606. The number of amides is 2. The number of ether oxygens (including phenoxy) is 2. The third-order valence-electron chi connectivity index (χ3n) is 12.6. The van der Waals surface area contributed by atoms with Gasteiger partial charge in [0.2, 0.25) is 0 Å². The number of carbonyl (C=O) groups excluding carboxylic acids is 1. The molecule has 4 aromatic rings. The summed E-state index contributed by atoms with van der Waals surface area (Å²) >= 11 is 0.532. The molecule has 2 amide bonds. The molecule has 9 rings (SSSR count). The van der Waals surface area contributed by atoms with E-state index in [9.17, 15) is 14.4 Å². The molecule has 2 bridgehead atoms. The molecular formula is C39H38F8N8O3S. The molecule has 5 saturated heterocycles. The van der Waals surface area contributed by atoms with E-state index >= 15 is 30.7 Å². The minimum Gasteiger partial charge on any atom is -0.461 e. The number of urea groups is 1. The number of fused-ring (bicyclic) bond motifs is 5. The van der Waals surface area contributed by atoms with Gasteiger partial charge in [0.05, 0.1) is 57.7 Å². The van der Waals surface area contributed by atoms with E-state index in [0.717, 1.165) is 25.0 Å². The minimum atomic E-state index is -5.52. The van der Waals surface area contributed by atoms with Crippen molar-refractivity contribution in [2.24, 2.45) is 0 Å². The Hall–Kier alpha value is -4.74. The first-order chi connectivity index (χ1) is 28.0. The quantitative estimate of drug-likeness (QED) is 0.188. The molecule has 0 aliphatic carbocycles. The Balaban J connectivity index is 1.24. The molecule has 20 heteroatoms. The van der Waals surface area contributed by atoms with E-state index in [1.165, 1.54) is 0 Å². The fourth-order valence-electron chi connectivity index (χ4n) is 10.0. The number of morpholine rings is 1. The van der Waals surface area contributed by atoms with Crippen molar-refractivity contribution >= 4 is 49.2 Å². The summed E-state index contributed by atoms with van der Waals surface area (Å²) < 4.78 is 135. The molecule has 59 heavy (non-hydrogen) atoms. The number of halogens is 8. The van der Waals surface area contributed by atoms with Crippen molar-refractivity contribution in [3.05, 3.63) is 40.7 Å². The van der Waals surface area contributed by atoms with Gasteiger partial charge in [-0.15, -0.1) is 11.3 Å². The molecule has 5 aliphatic rings. The van der Waals surface area contributed by atoms with E-state index in [-0.39, 0.29) is 72.8 Å². The molecule has 314 valence electrons. The van der Waals surface area contributed by atoms with Crippen LogP contribution in [0.15, 0.2) is 18.2 Å². The van der Waals surface area contributed by atoms with Gasteiger partial charge in [-0.05, 0) is 56.8 Å². The van der Waals surface area contributed by atoms with E-state index in [4.69, 9.17) is 15.2 Å². The Kier molecular flexibility index (Phi) is 9.55. The number of nitrogens with two attached hydrogens (primary N) is 1. The molecule has 5 atom stereocenters. The van der Waals surface area contributed by atoms with Gasteiger partial charge in [-0.3, -0.25) is 4.90 Å². The second-order valence-corrected chi connectivity index (χ2v) is 17.0. The number of likely N-dealkylation sites (tertiary alicyclic amines) is 1. The number of carbonyl (C=O) groups is 1. The van der Waals surface area contributed by atoms with Crippen molar-refractivity contribution in [3.8, 4) is 23.2 Å². The average Bonchev–Trinajstić information content (AvgIpc) is 3.96. The lowest BCUT2D eigenvalue weighted by Gasteiger charge is -2.53. The summed E-state index contributed by atoms with van der Waals surface area (Å²) in [6.07, 6.45) is -9.56.